The van der Waals surface area contributed by atoms with E-state index in [0.29, 0.717) is 6.54 Å². The summed E-state index contributed by atoms with van der Waals surface area (Å²) in [6, 6.07) is 0. The van der Waals surface area contributed by atoms with Crippen LogP contribution in [0.4, 0.5) is 0 Å². The van der Waals surface area contributed by atoms with Gasteiger partial charge in [-0.2, -0.15) is 0 Å². The predicted molar refractivity (Wildman–Crippen MR) is 59.1 cm³/mol. The van der Waals surface area contributed by atoms with Crippen molar-refractivity contribution in [3.63, 3.8) is 0 Å². The fraction of sp³-hybridized carbons (Fsp3) is 1.00. The average molecular weight is 255 g/mol. The lowest BCUT2D eigenvalue weighted by molar-refractivity contribution is 0.562. The van der Waals surface area contributed by atoms with E-state index in [2.05, 4.69) is 0 Å². The first-order valence-corrected chi connectivity index (χ1v) is 8.42. The third-order valence-corrected chi connectivity index (χ3v) is 7.05. The molecule has 15 heavy (non-hydrogen) atoms. The molecule has 2 N–H and O–H groups in total. The fourth-order valence-corrected chi connectivity index (χ4v) is 6.47. The Labute approximate surface area is 90.9 Å². The first-order valence-electron chi connectivity index (χ1n) is 4.89. The molecule has 1 aliphatic rings. The SMILES string of the molecule is CC(CN)CS(=O)(=O)C1CCS(=O)(=O)C1. The third kappa shape index (κ3) is 3.42. The summed E-state index contributed by atoms with van der Waals surface area (Å²) >= 11 is 0. The van der Waals surface area contributed by atoms with Crippen molar-refractivity contribution in [2.45, 2.75) is 18.6 Å². The molecule has 1 saturated heterocycles. The van der Waals surface area contributed by atoms with Crippen LogP contribution in [0.3, 0.4) is 0 Å². The molecule has 1 heterocycles. The van der Waals surface area contributed by atoms with E-state index in [1.54, 1.807) is 6.92 Å². The Bertz CT molecular complexity index is 412. The molecule has 0 bridgehead atoms. The van der Waals surface area contributed by atoms with Gasteiger partial charge in [0.25, 0.3) is 0 Å². The Morgan fingerprint density at radius 3 is 2.47 bits per heavy atom. The maximum atomic E-state index is 11.8. The van der Waals surface area contributed by atoms with Crippen LogP contribution in [-0.4, -0.2) is 45.9 Å². The van der Waals surface area contributed by atoms with Crippen molar-refractivity contribution in [3.05, 3.63) is 0 Å². The van der Waals surface area contributed by atoms with Crippen molar-refractivity contribution in [2.75, 3.05) is 23.8 Å². The zero-order chi connectivity index (χ0) is 11.7. The number of rotatable bonds is 4. The Hall–Kier alpha value is -0.140. The van der Waals surface area contributed by atoms with Crippen LogP contribution in [-0.2, 0) is 19.7 Å². The minimum absolute atomic E-state index is 0.00605. The van der Waals surface area contributed by atoms with Gasteiger partial charge in [-0.15, -0.1) is 0 Å². The maximum Gasteiger partial charge on any atom is 0.154 e. The van der Waals surface area contributed by atoms with Crippen LogP contribution in [0.5, 0.6) is 0 Å². The van der Waals surface area contributed by atoms with E-state index in [-0.39, 0.29) is 29.6 Å². The van der Waals surface area contributed by atoms with E-state index in [1.807, 2.05) is 0 Å². The molecule has 1 rings (SSSR count). The molecule has 0 spiro atoms. The summed E-state index contributed by atoms with van der Waals surface area (Å²) < 4.78 is 45.8. The second-order valence-electron chi connectivity index (χ2n) is 4.20. The molecular weight excluding hydrogens is 238 g/mol. The van der Waals surface area contributed by atoms with Crippen LogP contribution >= 0.6 is 0 Å². The Morgan fingerprint density at radius 1 is 1.47 bits per heavy atom. The Morgan fingerprint density at radius 2 is 2.07 bits per heavy atom. The summed E-state index contributed by atoms with van der Waals surface area (Å²) in [4.78, 5) is 0. The zero-order valence-electron chi connectivity index (χ0n) is 8.72. The van der Waals surface area contributed by atoms with Gasteiger partial charge in [0.1, 0.15) is 0 Å². The van der Waals surface area contributed by atoms with Gasteiger partial charge in [0.2, 0.25) is 0 Å². The molecule has 0 amide bonds. The summed E-state index contributed by atoms with van der Waals surface area (Å²) in [5.41, 5.74) is 5.35. The highest BCUT2D eigenvalue weighted by atomic mass is 32.2. The number of sulfone groups is 2. The maximum absolute atomic E-state index is 11.8. The van der Waals surface area contributed by atoms with Gasteiger partial charge in [0.15, 0.2) is 19.7 Å². The molecule has 2 unspecified atom stereocenters. The molecule has 90 valence electrons. The largest absolute Gasteiger partial charge is 0.330 e. The van der Waals surface area contributed by atoms with E-state index in [4.69, 9.17) is 5.73 Å². The van der Waals surface area contributed by atoms with Gasteiger partial charge in [-0.3, -0.25) is 0 Å². The normalized spacial score (nSPS) is 27.7. The first kappa shape index (κ1) is 12.9. The molecule has 1 fully saturated rings. The highest BCUT2D eigenvalue weighted by molar-refractivity contribution is 7.96. The van der Waals surface area contributed by atoms with E-state index in [1.165, 1.54) is 0 Å². The lowest BCUT2D eigenvalue weighted by atomic mass is 10.2. The number of nitrogens with two attached hydrogens (primary N) is 1. The van der Waals surface area contributed by atoms with E-state index in [9.17, 15) is 16.8 Å². The smallest absolute Gasteiger partial charge is 0.154 e. The molecule has 0 saturated carbocycles. The van der Waals surface area contributed by atoms with Crippen LogP contribution in [0.15, 0.2) is 0 Å². The molecule has 7 heteroatoms. The van der Waals surface area contributed by atoms with Gasteiger partial charge in [0.05, 0.1) is 22.5 Å². The van der Waals surface area contributed by atoms with Crippen LogP contribution in [0.2, 0.25) is 0 Å². The van der Waals surface area contributed by atoms with Crippen molar-refractivity contribution < 1.29 is 16.8 Å². The first-order chi connectivity index (χ1) is 6.77. The second kappa shape index (κ2) is 4.39. The van der Waals surface area contributed by atoms with E-state index >= 15 is 0 Å². The lowest BCUT2D eigenvalue weighted by Gasteiger charge is -2.13. The van der Waals surface area contributed by atoms with Crippen molar-refractivity contribution in [3.8, 4) is 0 Å². The summed E-state index contributed by atoms with van der Waals surface area (Å²) in [7, 11) is -6.43. The minimum Gasteiger partial charge on any atom is -0.330 e. The van der Waals surface area contributed by atoms with Crippen LogP contribution in [0.25, 0.3) is 0 Å². The summed E-state index contributed by atoms with van der Waals surface area (Å²) in [5, 5.41) is -0.712. The van der Waals surface area contributed by atoms with Crippen molar-refractivity contribution in [2.24, 2.45) is 11.7 Å². The highest BCUT2D eigenvalue weighted by Crippen LogP contribution is 2.20. The monoisotopic (exact) mass is 255 g/mol. The van der Waals surface area contributed by atoms with Crippen molar-refractivity contribution in [1.82, 2.24) is 0 Å². The average Bonchev–Trinajstić information content (AvgIpc) is 2.45. The minimum atomic E-state index is -3.30. The molecular formula is C8H17NO4S2. The van der Waals surface area contributed by atoms with Gasteiger partial charge in [0, 0.05) is 0 Å². The van der Waals surface area contributed by atoms with Crippen LogP contribution < -0.4 is 5.73 Å². The van der Waals surface area contributed by atoms with Gasteiger partial charge in [-0.1, -0.05) is 6.92 Å². The summed E-state index contributed by atoms with van der Waals surface area (Å²) in [5.74, 6) is -0.345. The standard InChI is InChI=1S/C8H17NO4S2/c1-7(4-9)5-15(12,13)8-2-3-14(10,11)6-8/h7-8H,2-6,9H2,1H3. The third-order valence-electron chi connectivity index (χ3n) is 2.62. The Kier molecular flexibility index (Phi) is 3.78. The predicted octanol–water partition coefficient (Wildman–Crippen LogP) is -0.817. The molecule has 0 radical (unpaired) electrons. The molecule has 0 aliphatic carbocycles. The van der Waals surface area contributed by atoms with Crippen LogP contribution in [0.1, 0.15) is 13.3 Å². The summed E-state index contributed by atoms with van der Waals surface area (Å²) in [6.07, 6.45) is 0.238. The van der Waals surface area contributed by atoms with Gasteiger partial charge in [-0.05, 0) is 18.9 Å². The molecule has 5 nitrogen and oxygen atoms in total. The van der Waals surface area contributed by atoms with Gasteiger partial charge >= 0.3 is 0 Å². The molecule has 0 aromatic heterocycles. The molecule has 0 aromatic rings. The number of hydrogen-bond donors (Lipinski definition) is 1. The number of hydrogen-bond acceptors (Lipinski definition) is 5. The lowest BCUT2D eigenvalue weighted by Crippen LogP contribution is -2.30. The quantitative estimate of drug-likeness (QED) is 0.708. The second-order valence-corrected chi connectivity index (χ2v) is 8.75. The molecule has 2 atom stereocenters. The van der Waals surface area contributed by atoms with Crippen molar-refractivity contribution >= 4 is 19.7 Å². The Balaban J connectivity index is 2.72. The topological polar surface area (TPSA) is 94.3 Å². The van der Waals surface area contributed by atoms with Crippen LogP contribution in [0, 0.1) is 5.92 Å². The van der Waals surface area contributed by atoms with Gasteiger partial charge in [-0.25, -0.2) is 16.8 Å². The summed E-state index contributed by atoms with van der Waals surface area (Å²) in [6.45, 7) is 2.06. The zero-order valence-corrected chi connectivity index (χ0v) is 10.4. The highest BCUT2D eigenvalue weighted by Gasteiger charge is 2.37. The van der Waals surface area contributed by atoms with Crippen molar-refractivity contribution in [1.29, 1.82) is 0 Å². The molecule has 1 aliphatic heterocycles. The fourth-order valence-electron chi connectivity index (χ4n) is 1.64. The van der Waals surface area contributed by atoms with E-state index in [0.717, 1.165) is 0 Å². The van der Waals surface area contributed by atoms with E-state index < -0.39 is 24.9 Å². The van der Waals surface area contributed by atoms with Gasteiger partial charge < -0.3 is 5.73 Å². The molecule has 0 aromatic carbocycles.